The second-order valence-corrected chi connectivity index (χ2v) is 3.55. The molecule has 0 atom stereocenters. The molecule has 0 N–H and O–H groups in total. The van der Waals surface area contributed by atoms with E-state index in [1.165, 1.54) is 12.3 Å². The van der Waals surface area contributed by atoms with E-state index in [9.17, 15) is 9.18 Å². The average Bonchev–Trinajstić information content (AvgIpc) is 2.18. The molecule has 4 heteroatoms. The summed E-state index contributed by atoms with van der Waals surface area (Å²) < 4.78 is 12.8. The molecule has 15 heavy (non-hydrogen) atoms. The Labute approximate surface area is 88.9 Å². The molecule has 0 bridgehead atoms. The smallest absolute Gasteiger partial charge is 0.254 e. The normalized spacial score (nSPS) is 10.5. The molecule has 0 fully saturated rings. The molecule has 0 aromatic carbocycles. The molecule has 0 spiro atoms. The Kier molecular flexibility index (Phi) is 3.77. The van der Waals surface area contributed by atoms with Crippen molar-refractivity contribution in [2.45, 2.75) is 26.8 Å². The molecule has 0 aliphatic heterocycles. The fraction of sp³-hybridized carbons (Fsp3) is 0.455. The standard InChI is InChI=1S/C11H15FN2O/c1-4-14(8(2)3)11(15)9-5-6-13-10(12)7-9/h5-8H,4H2,1-3H3. The molecule has 1 aromatic rings. The molecular weight excluding hydrogens is 195 g/mol. The van der Waals surface area contributed by atoms with Gasteiger partial charge in [0.15, 0.2) is 0 Å². The zero-order chi connectivity index (χ0) is 11.4. The second-order valence-electron chi connectivity index (χ2n) is 3.55. The Morgan fingerprint density at radius 3 is 2.73 bits per heavy atom. The minimum atomic E-state index is -0.624. The summed E-state index contributed by atoms with van der Waals surface area (Å²) in [7, 11) is 0. The molecule has 1 heterocycles. The molecule has 0 unspecified atom stereocenters. The van der Waals surface area contributed by atoms with Crippen LogP contribution in [0.2, 0.25) is 0 Å². The van der Waals surface area contributed by atoms with Gasteiger partial charge in [-0.25, -0.2) is 4.98 Å². The first-order valence-corrected chi connectivity index (χ1v) is 4.98. The molecule has 0 saturated heterocycles. The molecule has 0 saturated carbocycles. The van der Waals surface area contributed by atoms with Crippen LogP contribution < -0.4 is 0 Å². The lowest BCUT2D eigenvalue weighted by molar-refractivity contribution is 0.0716. The van der Waals surface area contributed by atoms with Crippen LogP contribution in [0.25, 0.3) is 0 Å². The molecule has 1 aromatic heterocycles. The molecule has 82 valence electrons. The van der Waals surface area contributed by atoms with E-state index in [0.29, 0.717) is 12.1 Å². The van der Waals surface area contributed by atoms with E-state index in [4.69, 9.17) is 0 Å². The van der Waals surface area contributed by atoms with Gasteiger partial charge in [-0.3, -0.25) is 4.79 Å². The number of nitrogens with zero attached hydrogens (tertiary/aromatic N) is 2. The van der Waals surface area contributed by atoms with Crippen molar-refractivity contribution in [1.82, 2.24) is 9.88 Å². The topological polar surface area (TPSA) is 33.2 Å². The maximum absolute atomic E-state index is 12.8. The van der Waals surface area contributed by atoms with E-state index in [1.807, 2.05) is 20.8 Å². The van der Waals surface area contributed by atoms with Gasteiger partial charge in [-0.05, 0) is 26.8 Å². The Bertz CT molecular complexity index is 352. The third-order valence-electron chi connectivity index (χ3n) is 2.20. The molecule has 1 rings (SSSR count). The van der Waals surface area contributed by atoms with Crippen LogP contribution in [-0.2, 0) is 0 Å². The molecule has 0 radical (unpaired) electrons. The number of aromatic nitrogens is 1. The lowest BCUT2D eigenvalue weighted by Gasteiger charge is -2.25. The van der Waals surface area contributed by atoms with E-state index < -0.39 is 5.95 Å². The van der Waals surface area contributed by atoms with Gasteiger partial charge >= 0.3 is 0 Å². The number of amides is 1. The van der Waals surface area contributed by atoms with E-state index in [2.05, 4.69) is 4.98 Å². The summed E-state index contributed by atoms with van der Waals surface area (Å²) in [5.41, 5.74) is 0.345. The van der Waals surface area contributed by atoms with Crippen molar-refractivity contribution in [2.24, 2.45) is 0 Å². The van der Waals surface area contributed by atoms with Gasteiger partial charge in [0.2, 0.25) is 5.95 Å². The van der Waals surface area contributed by atoms with E-state index in [1.54, 1.807) is 4.90 Å². The van der Waals surface area contributed by atoms with Crippen molar-refractivity contribution in [2.75, 3.05) is 6.54 Å². The molecule has 0 aliphatic carbocycles. The van der Waals surface area contributed by atoms with E-state index in [-0.39, 0.29) is 11.9 Å². The monoisotopic (exact) mass is 210 g/mol. The van der Waals surface area contributed by atoms with Crippen LogP contribution in [0.3, 0.4) is 0 Å². The van der Waals surface area contributed by atoms with Crippen LogP contribution in [0.5, 0.6) is 0 Å². The van der Waals surface area contributed by atoms with Crippen molar-refractivity contribution in [3.63, 3.8) is 0 Å². The number of rotatable bonds is 3. The third-order valence-corrected chi connectivity index (χ3v) is 2.20. The summed E-state index contributed by atoms with van der Waals surface area (Å²) in [4.78, 5) is 17.0. The van der Waals surface area contributed by atoms with Crippen LogP contribution >= 0.6 is 0 Å². The summed E-state index contributed by atoms with van der Waals surface area (Å²) >= 11 is 0. The van der Waals surface area contributed by atoms with Crippen LogP contribution in [0, 0.1) is 5.95 Å². The fourth-order valence-electron chi connectivity index (χ4n) is 1.44. The highest BCUT2D eigenvalue weighted by molar-refractivity contribution is 5.94. The zero-order valence-corrected chi connectivity index (χ0v) is 9.20. The van der Waals surface area contributed by atoms with Gasteiger partial charge in [-0.2, -0.15) is 4.39 Å². The molecule has 3 nitrogen and oxygen atoms in total. The first-order chi connectivity index (χ1) is 7.06. The summed E-state index contributed by atoms with van der Waals surface area (Å²) in [6.07, 6.45) is 1.30. The van der Waals surface area contributed by atoms with Crippen molar-refractivity contribution in [1.29, 1.82) is 0 Å². The number of carbonyl (C=O) groups is 1. The Balaban J connectivity index is 2.93. The van der Waals surface area contributed by atoms with Gasteiger partial charge in [0.25, 0.3) is 5.91 Å². The molecule has 1 amide bonds. The summed E-state index contributed by atoms with van der Waals surface area (Å²) in [5.74, 6) is -0.783. The number of hydrogen-bond donors (Lipinski definition) is 0. The number of pyridine rings is 1. The Morgan fingerprint density at radius 1 is 1.60 bits per heavy atom. The van der Waals surface area contributed by atoms with Gasteiger partial charge in [0.1, 0.15) is 0 Å². The lowest BCUT2D eigenvalue weighted by atomic mass is 10.2. The zero-order valence-electron chi connectivity index (χ0n) is 9.20. The largest absolute Gasteiger partial charge is 0.336 e. The number of hydrogen-bond acceptors (Lipinski definition) is 2. The summed E-state index contributed by atoms with van der Waals surface area (Å²) in [5, 5.41) is 0. The molecular formula is C11H15FN2O. The minimum Gasteiger partial charge on any atom is -0.336 e. The van der Waals surface area contributed by atoms with Crippen LogP contribution in [-0.4, -0.2) is 28.4 Å². The van der Waals surface area contributed by atoms with Crippen LogP contribution in [0.1, 0.15) is 31.1 Å². The third kappa shape index (κ3) is 2.75. The first-order valence-electron chi connectivity index (χ1n) is 4.98. The fourth-order valence-corrected chi connectivity index (χ4v) is 1.44. The highest BCUT2D eigenvalue weighted by atomic mass is 19.1. The van der Waals surface area contributed by atoms with E-state index >= 15 is 0 Å². The Hall–Kier alpha value is -1.45. The van der Waals surface area contributed by atoms with Crippen LogP contribution in [0.15, 0.2) is 18.3 Å². The highest BCUT2D eigenvalue weighted by Crippen LogP contribution is 2.08. The van der Waals surface area contributed by atoms with Crippen molar-refractivity contribution in [3.8, 4) is 0 Å². The minimum absolute atomic E-state index is 0.110. The predicted molar refractivity (Wildman–Crippen MR) is 56.0 cm³/mol. The van der Waals surface area contributed by atoms with Gasteiger partial charge in [0, 0.05) is 30.4 Å². The molecule has 0 aliphatic rings. The number of carbonyl (C=O) groups excluding carboxylic acids is 1. The van der Waals surface area contributed by atoms with Gasteiger partial charge < -0.3 is 4.90 Å². The number of halogens is 1. The maximum atomic E-state index is 12.8. The lowest BCUT2D eigenvalue weighted by Crippen LogP contribution is -2.36. The SMILES string of the molecule is CCN(C(=O)c1ccnc(F)c1)C(C)C. The van der Waals surface area contributed by atoms with Gasteiger partial charge in [-0.15, -0.1) is 0 Å². The van der Waals surface area contributed by atoms with Crippen molar-refractivity contribution in [3.05, 3.63) is 29.8 Å². The Morgan fingerprint density at radius 2 is 2.27 bits per heavy atom. The van der Waals surface area contributed by atoms with Gasteiger partial charge in [-0.1, -0.05) is 0 Å². The predicted octanol–water partition coefficient (Wildman–Crippen LogP) is 2.09. The maximum Gasteiger partial charge on any atom is 0.254 e. The summed E-state index contributed by atoms with van der Waals surface area (Å²) in [6, 6.07) is 2.79. The first kappa shape index (κ1) is 11.6. The van der Waals surface area contributed by atoms with Crippen molar-refractivity contribution >= 4 is 5.91 Å². The average molecular weight is 210 g/mol. The van der Waals surface area contributed by atoms with Crippen LogP contribution in [0.4, 0.5) is 4.39 Å². The highest BCUT2D eigenvalue weighted by Gasteiger charge is 2.17. The second kappa shape index (κ2) is 4.87. The van der Waals surface area contributed by atoms with E-state index in [0.717, 1.165) is 6.07 Å². The van der Waals surface area contributed by atoms with Crippen molar-refractivity contribution < 1.29 is 9.18 Å². The quantitative estimate of drug-likeness (QED) is 0.716. The van der Waals surface area contributed by atoms with Gasteiger partial charge in [0.05, 0.1) is 0 Å². The summed E-state index contributed by atoms with van der Waals surface area (Å²) in [6.45, 7) is 6.37.